The van der Waals surface area contributed by atoms with Gasteiger partial charge in [0.05, 0.1) is 0 Å². The van der Waals surface area contributed by atoms with Crippen LogP contribution in [0.5, 0.6) is 5.75 Å². The number of nitrogens with zero attached hydrogens (tertiary/aromatic N) is 1. The third kappa shape index (κ3) is 4.31. The summed E-state index contributed by atoms with van der Waals surface area (Å²) in [6, 6.07) is 11.3. The van der Waals surface area contributed by atoms with Crippen molar-refractivity contribution in [2.75, 3.05) is 11.9 Å². The van der Waals surface area contributed by atoms with Crippen LogP contribution in [0.25, 0.3) is 0 Å². The van der Waals surface area contributed by atoms with E-state index < -0.39 is 0 Å². The van der Waals surface area contributed by atoms with Gasteiger partial charge in [-0.25, -0.2) is 0 Å². The lowest BCUT2D eigenvalue weighted by Gasteiger charge is -2.22. The molecule has 4 nitrogen and oxygen atoms in total. The largest absolute Gasteiger partial charge is 0.483 e. The normalized spacial score (nSPS) is 11.0. The fourth-order valence-electron chi connectivity index (χ4n) is 1.99. The molecule has 1 aromatic carbocycles. The Morgan fingerprint density at radius 2 is 1.81 bits per heavy atom. The second-order valence-electron chi connectivity index (χ2n) is 5.82. The monoisotopic (exact) mass is 284 g/mol. The van der Waals surface area contributed by atoms with Crippen molar-refractivity contribution in [3.63, 3.8) is 0 Å². The zero-order valence-electron chi connectivity index (χ0n) is 12.6. The molecule has 1 amide bonds. The molecule has 1 heterocycles. The van der Waals surface area contributed by atoms with Crippen LogP contribution in [-0.2, 0) is 10.2 Å². The van der Waals surface area contributed by atoms with E-state index in [1.165, 1.54) is 0 Å². The maximum absolute atomic E-state index is 11.9. The van der Waals surface area contributed by atoms with Crippen molar-refractivity contribution < 1.29 is 9.53 Å². The number of hydrogen-bond donors (Lipinski definition) is 1. The zero-order valence-corrected chi connectivity index (χ0v) is 12.6. The minimum Gasteiger partial charge on any atom is -0.483 e. The van der Waals surface area contributed by atoms with E-state index in [1.54, 1.807) is 24.5 Å². The summed E-state index contributed by atoms with van der Waals surface area (Å²) in [6.45, 7) is 6.33. The molecule has 110 valence electrons. The number of benzene rings is 1. The molecule has 0 radical (unpaired) electrons. The van der Waals surface area contributed by atoms with E-state index in [0.717, 1.165) is 11.3 Å². The Kier molecular flexibility index (Phi) is 4.58. The van der Waals surface area contributed by atoms with Crippen LogP contribution in [0, 0.1) is 0 Å². The Labute approximate surface area is 125 Å². The van der Waals surface area contributed by atoms with Crippen LogP contribution in [0.15, 0.2) is 48.8 Å². The Balaban J connectivity index is 1.99. The Morgan fingerprint density at radius 3 is 2.48 bits per heavy atom. The number of para-hydroxylation sites is 1. The van der Waals surface area contributed by atoms with E-state index >= 15 is 0 Å². The van der Waals surface area contributed by atoms with Crippen molar-refractivity contribution >= 4 is 11.6 Å². The molecule has 1 N–H and O–H groups in total. The Hall–Kier alpha value is -2.36. The number of carbonyl (C=O) groups excluding carboxylic acids is 1. The lowest BCUT2D eigenvalue weighted by atomic mass is 9.86. The van der Waals surface area contributed by atoms with Gasteiger partial charge in [-0.15, -0.1) is 0 Å². The fourth-order valence-corrected chi connectivity index (χ4v) is 1.99. The molecule has 0 atom stereocenters. The molecule has 2 aromatic rings. The summed E-state index contributed by atoms with van der Waals surface area (Å²) in [6.07, 6.45) is 3.26. The highest BCUT2D eigenvalue weighted by Gasteiger charge is 2.18. The van der Waals surface area contributed by atoms with E-state index in [1.807, 2.05) is 24.3 Å². The minimum absolute atomic E-state index is 0.0184. The lowest BCUT2D eigenvalue weighted by molar-refractivity contribution is -0.118. The highest BCUT2D eigenvalue weighted by Crippen LogP contribution is 2.30. The summed E-state index contributed by atoms with van der Waals surface area (Å²) in [5.74, 6) is 0.555. The maximum atomic E-state index is 11.9. The summed E-state index contributed by atoms with van der Waals surface area (Å²) in [5, 5.41) is 2.77. The second kappa shape index (κ2) is 6.39. The first kappa shape index (κ1) is 15.0. The molecule has 0 spiro atoms. The lowest BCUT2D eigenvalue weighted by Crippen LogP contribution is -2.21. The summed E-state index contributed by atoms with van der Waals surface area (Å²) in [5.41, 5.74) is 1.77. The molecular weight excluding hydrogens is 264 g/mol. The molecule has 0 aliphatic rings. The summed E-state index contributed by atoms with van der Waals surface area (Å²) >= 11 is 0. The van der Waals surface area contributed by atoms with Crippen molar-refractivity contribution in [3.05, 3.63) is 54.4 Å². The van der Waals surface area contributed by atoms with Gasteiger partial charge in [0.25, 0.3) is 5.91 Å². The number of carbonyl (C=O) groups is 1. The molecule has 21 heavy (non-hydrogen) atoms. The van der Waals surface area contributed by atoms with Crippen LogP contribution in [0.2, 0.25) is 0 Å². The summed E-state index contributed by atoms with van der Waals surface area (Å²) < 4.78 is 5.67. The van der Waals surface area contributed by atoms with Gasteiger partial charge >= 0.3 is 0 Å². The van der Waals surface area contributed by atoms with Gasteiger partial charge in [-0.3, -0.25) is 9.78 Å². The number of ether oxygens (including phenoxy) is 1. The second-order valence-corrected chi connectivity index (χ2v) is 5.82. The van der Waals surface area contributed by atoms with Crippen molar-refractivity contribution in [1.82, 2.24) is 4.98 Å². The molecule has 1 aromatic heterocycles. The SMILES string of the molecule is CC(C)(C)c1ccccc1OCC(=O)Nc1ccncc1. The standard InChI is InChI=1S/C17H20N2O2/c1-17(2,3)14-6-4-5-7-15(14)21-12-16(20)19-13-8-10-18-11-9-13/h4-11H,12H2,1-3H3,(H,18,19,20). The van der Waals surface area contributed by atoms with Gasteiger partial charge in [-0.2, -0.15) is 0 Å². The van der Waals surface area contributed by atoms with Gasteiger partial charge in [0.15, 0.2) is 6.61 Å². The van der Waals surface area contributed by atoms with Crippen molar-refractivity contribution in [1.29, 1.82) is 0 Å². The molecule has 4 heteroatoms. The van der Waals surface area contributed by atoms with E-state index in [0.29, 0.717) is 5.69 Å². The molecule has 0 aliphatic carbocycles. The Morgan fingerprint density at radius 1 is 1.14 bits per heavy atom. The van der Waals surface area contributed by atoms with Crippen LogP contribution < -0.4 is 10.1 Å². The minimum atomic E-state index is -0.190. The van der Waals surface area contributed by atoms with Crippen LogP contribution in [0.4, 0.5) is 5.69 Å². The smallest absolute Gasteiger partial charge is 0.262 e. The van der Waals surface area contributed by atoms with Crippen molar-refractivity contribution in [2.45, 2.75) is 26.2 Å². The third-order valence-corrected chi connectivity index (χ3v) is 3.02. The number of nitrogens with one attached hydrogen (secondary N) is 1. The quantitative estimate of drug-likeness (QED) is 0.936. The average molecular weight is 284 g/mol. The number of aromatic nitrogens is 1. The number of amides is 1. The van der Waals surface area contributed by atoms with Gasteiger partial charge in [0, 0.05) is 18.1 Å². The molecular formula is C17H20N2O2. The molecule has 2 rings (SSSR count). The number of anilines is 1. The molecule has 0 unspecified atom stereocenters. The first-order chi connectivity index (χ1) is 9.97. The zero-order chi connectivity index (χ0) is 15.3. The van der Waals surface area contributed by atoms with Gasteiger partial charge in [-0.05, 0) is 29.2 Å². The highest BCUT2D eigenvalue weighted by molar-refractivity contribution is 5.91. The predicted molar refractivity (Wildman–Crippen MR) is 83.5 cm³/mol. The van der Waals surface area contributed by atoms with Crippen LogP contribution in [0.1, 0.15) is 26.3 Å². The predicted octanol–water partition coefficient (Wildman–Crippen LogP) is 3.40. The van der Waals surface area contributed by atoms with E-state index in [2.05, 4.69) is 31.1 Å². The van der Waals surface area contributed by atoms with Gasteiger partial charge in [0.2, 0.25) is 0 Å². The summed E-state index contributed by atoms with van der Waals surface area (Å²) in [4.78, 5) is 15.8. The molecule has 0 saturated carbocycles. The summed E-state index contributed by atoms with van der Waals surface area (Å²) in [7, 11) is 0. The van der Waals surface area contributed by atoms with E-state index in [-0.39, 0.29) is 17.9 Å². The number of pyridine rings is 1. The molecule has 0 aliphatic heterocycles. The van der Waals surface area contributed by atoms with E-state index in [4.69, 9.17) is 4.74 Å². The van der Waals surface area contributed by atoms with Crippen molar-refractivity contribution in [2.24, 2.45) is 0 Å². The fraction of sp³-hybridized carbons (Fsp3) is 0.294. The number of hydrogen-bond acceptors (Lipinski definition) is 3. The Bertz CT molecular complexity index is 604. The van der Waals surface area contributed by atoms with Crippen LogP contribution in [-0.4, -0.2) is 17.5 Å². The average Bonchev–Trinajstić information content (AvgIpc) is 2.45. The van der Waals surface area contributed by atoms with Crippen LogP contribution in [0.3, 0.4) is 0 Å². The van der Waals surface area contributed by atoms with Gasteiger partial charge in [0.1, 0.15) is 5.75 Å². The van der Waals surface area contributed by atoms with Gasteiger partial charge < -0.3 is 10.1 Å². The topological polar surface area (TPSA) is 51.2 Å². The first-order valence-electron chi connectivity index (χ1n) is 6.89. The number of rotatable bonds is 4. The molecule has 0 saturated heterocycles. The third-order valence-electron chi connectivity index (χ3n) is 3.02. The van der Waals surface area contributed by atoms with Crippen molar-refractivity contribution in [3.8, 4) is 5.75 Å². The van der Waals surface area contributed by atoms with Gasteiger partial charge in [-0.1, -0.05) is 39.0 Å². The molecule has 0 bridgehead atoms. The van der Waals surface area contributed by atoms with E-state index in [9.17, 15) is 4.79 Å². The molecule has 0 fully saturated rings. The van der Waals surface area contributed by atoms with Crippen LogP contribution >= 0.6 is 0 Å². The first-order valence-corrected chi connectivity index (χ1v) is 6.89. The highest BCUT2D eigenvalue weighted by atomic mass is 16.5. The maximum Gasteiger partial charge on any atom is 0.262 e.